The molecule has 0 amide bonds. The van der Waals surface area contributed by atoms with E-state index < -0.39 is 11.7 Å². The summed E-state index contributed by atoms with van der Waals surface area (Å²) in [7, 11) is 0. The predicted molar refractivity (Wildman–Crippen MR) is 68.3 cm³/mol. The smallest absolute Gasteiger partial charge is 0.166 e. The highest BCUT2D eigenvalue weighted by Gasteiger charge is 2.29. The molecular formula is C15H17F3. The van der Waals surface area contributed by atoms with Crippen LogP contribution in [-0.2, 0) is 12.6 Å². The monoisotopic (exact) mass is 254 g/mol. The second kappa shape index (κ2) is 7.04. The minimum atomic E-state index is -4.24. The van der Waals surface area contributed by atoms with Crippen LogP contribution in [0.4, 0.5) is 13.2 Å². The van der Waals surface area contributed by atoms with Crippen molar-refractivity contribution in [2.24, 2.45) is 0 Å². The lowest BCUT2D eigenvalue weighted by Gasteiger charge is -2.07. The number of halogens is 3. The summed E-state index contributed by atoms with van der Waals surface area (Å²) in [6, 6.07) is 5.41. The second-order valence-corrected chi connectivity index (χ2v) is 4.10. The molecular weight excluding hydrogens is 237 g/mol. The first kappa shape index (κ1) is 14.6. The Morgan fingerprint density at radius 2 is 1.72 bits per heavy atom. The molecule has 0 saturated carbocycles. The molecule has 1 aromatic rings. The quantitative estimate of drug-likeness (QED) is 0.486. The number of hydrogen-bond acceptors (Lipinski definition) is 0. The SMILES string of the molecule is C=C/C=C/CCCCc1ccc(C(F)(F)F)cc1. The van der Waals surface area contributed by atoms with Gasteiger partial charge in [-0.1, -0.05) is 36.9 Å². The average Bonchev–Trinajstić information content (AvgIpc) is 2.33. The van der Waals surface area contributed by atoms with Gasteiger partial charge in [0.15, 0.2) is 0 Å². The molecule has 18 heavy (non-hydrogen) atoms. The van der Waals surface area contributed by atoms with E-state index in [1.165, 1.54) is 0 Å². The van der Waals surface area contributed by atoms with Crippen molar-refractivity contribution in [3.63, 3.8) is 0 Å². The lowest BCUT2D eigenvalue weighted by atomic mass is 10.0. The van der Waals surface area contributed by atoms with Crippen molar-refractivity contribution < 1.29 is 13.2 Å². The summed E-state index contributed by atoms with van der Waals surface area (Å²) < 4.78 is 37.0. The molecule has 0 spiro atoms. The topological polar surface area (TPSA) is 0 Å². The fourth-order valence-corrected chi connectivity index (χ4v) is 1.64. The number of hydrogen-bond donors (Lipinski definition) is 0. The summed E-state index contributed by atoms with van der Waals surface area (Å²) in [6.45, 7) is 3.58. The Bertz CT molecular complexity index is 385. The molecule has 0 N–H and O–H groups in total. The van der Waals surface area contributed by atoms with E-state index in [1.807, 2.05) is 12.2 Å². The van der Waals surface area contributed by atoms with Gasteiger partial charge < -0.3 is 0 Å². The molecule has 0 aliphatic carbocycles. The summed E-state index contributed by atoms with van der Waals surface area (Å²) in [5, 5.41) is 0. The summed E-state index contributed by atoms with van der Waals surface area (Å²) in [5.41, 5.74) is 0.371. The van der Waals surface area contributed by atoms with E-state index in [0.29, 0.717) is 0 Å². The van der Waals surface area contributed by atoms with E-state index >= 15 is 0 Å². The van der Waals surface area contributed by atoms with Gasteiger partial charge in [-0.25, -0.2) is 0 Å². The highest BCUT2D eigenvalue weighted by molar-refractivity contribution is 5.24. The number of benzene rings is 1. The Balaban J connectivity index is 2.36. The van der Waals surface area contributed by atoms with Crippen molar-refractivity contribution in [3.05, 3.63) is 60.2 Å². The van der Waals surface area contributed by atoms with Crippen molar-refractivity contribution >= 4 is 0 Å². The molecule has 0 aliphatic heterocycles. The molecule has 0 unspecified atom stereocenters. The van der Waals surface area contributed by atoms with Gasteiger partial charge >= 0.3 is 6.18 Å². The molecule has 0 radical (unpaired) electrons. The van der Waals surface area contributed by atoms with E-state index in [2.05, 4.69) is 6.58 Å². The van der Waals surface area contributed by atoms with E-state index in [9.17, 15) is 13.2 Å². The molecule has 1 rings (SSSR count). The fraction of sp³-hybridized carbons (Fsp3) is 0.333. The van der Waals surface area contributed by atoms with Crippen molar-refractivity contribution in [1.82, 2.24) is 0 Å². The molecule has 0 aromatic heterocycles. The van der Waals surface area contributed by atoms with Crippen LogP contribution in [0.1, 0.15) is 30.4 Å². The molecule has 0 heterocycles. The van der Waals surface area contributed by atoms with Gasteiger partial charge in [0.25, 0.3) is 0 Å². The number of rotatable bonds is 6. The van der Waals surface area contributed by atoms with Gasteiger partial charge in [0, 0.05) is 0 Å². The third kappa shape index (κ3) is 5.21. The third-order valence-electron chi connectivity index (χ3n) is 2.64. The minimum absolute atomic E-state index is 0.583. The lowest BCUT2D eigenvalue weighted by Crippen LogP contribution is -2.04. The molecule has 0 aliphatic rings. The van der Waals surface area contributed by atoms with E-state index in [0.717, 1.165) is 43.4 Å². The highest BCUT2D eigenvalue weighted by atomic mass is 19.4. The predicted octanol–water partition coefficient (Wildman–Crippen LogP) is 5.16. The highest BCUT2D eigenvalue weighted by Crippen LogP contribution is 2.29. The van der Waals surface area contributed by atoms with E-state index in [4.69, 9.17) is 0 Å². The molecule has 3 heteroatoms. The standard InChI is InChI=1S/C15H17F3/c1-2-3-4-5-6-7-8-13-9-11-14(12-10-13)15(16,17)18/h2-4,9-12H,1,5-8H2/b4-3+. The number of unbranched alkanes of at least 4 members (excludes halogenated alkanes) is 2. The molecule has 0 fully saturated rings. The van der Waals surface area contributed by atoms with Crippen molar-refractivity contribution in [2.75, 3.05) is 0 Å². The van der Waals surface area contributed by atoms with E-state index in [-0.39, 0.29) is 0 Å². The third-order valence-corrected chi connectivity index (χ3v) is 2.64. The molecule has 0 nitrogen and oxygen atoms in total. The molecule has 0 bridgehead atoms. The summed E-state index contributed by atoms with van der Waals surface area (Å²) in [6.07, 6.45) is 5.24. The minimum Gasteiger partial charge on any atom is -0.166 e. The number of allylic oxidation sites excluding steroid dienone is 3. The maximum atomic E-state index is 12.3. The summed E-state index contributed by atoms with van der Waals surface area (Å²) >= 11 is 0. The first-order valence-electron chi connectivity index (χ1n) is 5.98. The van der Waals surface area contributed by atoms with Gasteiger partial charge in [0.2, 0.25) is 0 Å². The first-order chi connectivity index (χ1) is 8.54. The van der Waals surface area contributed by atoms with Gasteiger partial charge in [-0.3, -0.25) is 0 Å². The van der Waals surface area contributed by atoms with Crippen molar-refractivity contribution in [3.8, 4) is 0 Å². The maximum absolute atomic E-state index is 12.3. The Kier molecular flexibility index (Phi) is 5.69. The van der Waals surface area contributed by atoms with Crippen LogP contribution in [0, 0.1) is 0 Å². The maximum Gasteiger partial charge on any atom is 0.416 e. The Morgan fingerprint density at radius 1 is 1.06 bits per heavy atom. The van der Waals surface area contributed by atoms with Gasteiger partial charge in [0.1, 0.15) is 0 Å². The zero-order chi connectivity index (χ0) is 13.4. The Hall–Kier alpha value is -1.51. The molecule has 98 valence electrons. The van der Waals surface area contributed by atoms with Crippen LogP contribution in [0.2, 0.25) is 0 Å². The molecule has 1 aromatic carbocycles. The van der Waals surface area contributed by atoms with Crippen LogP contribution in [-0.4, -0.2) is 0 Å². The average molecular weight is 254 g/mol. The molecule has 0 atom stereocenters. The van der Waals surface area contributed by atoms with Crippen LogP contribution in [0.3, 0.4) is 0 Å². The first-order valence-corrected chi connectivity index (χ1v) is 5.98. The van der Waals surface area contributed by atoms with Crippen LogP contribution in [0.15, 0.2) is 49.1 Å². The zero-order valence-corrected chi connectivity index (χ0v) is 10.2. The number of alkyl halides is 3. The zero-order valence-electron chi connectivity index (χ0n) is 10.2. The number of aryl methyl sites for hydroxylation is 1. The van der Waals surface area contributed by atoms with Crippen molar-refractivity contribution in [2.45, 2.75) is 31.9 Å². The summed E-state index contributed by atoms with van der Waals surface area (Å²) in [4.78, 5) is 0. The second-order valence-electron chi connectivity index (χ2n) is 4.10. The molecule has 0 saturated heterocycles. The summed E-state index contributed by atoms with van der Waals surface area (Å²) in [5.74, 6) is 0. The van der Waals surface area contributed by atoms with Crippen molar-refractivity contribution in [1.29, 1.82) is 0 Å². The van der Waals surface area contributed by atoms with Crippen LogP contribution in [0.25, 0.3) is 0 Å². The fourth-order valence-electron chi connectivity index (χ4n) is 1.64. The van der Waals surface area contributed by atoms with Crippen LogP contribution < -0.4 is 0 Å². The lowest BCUT2D eigenvalue weighted by molar-refractivity contribution is -0.137. The Morgan fingerprint density at radius 3 is 2.28 bits per heavy atom. The normalized spacial score (nSPS) is 11.9. The van der Waals surface area contributed by atoms with Gasteiger partial charge in [-0.2, -0.15) is 13.2 Å². The Labute approximate surface area is 106 Å². The van der Waals surface area contributed by atoms with Gasteiger partial charge in [-0.15, -0.1) is 0 Å². The van der Waals surface area contributed by atoms with Crippen LogP contribution in [0.5, 0.6) is 0 Å². The van der Waals surface area contributed by atoms with Crippen LogP contribution >= 0.6 is 0 Å². The van der Waals surface area contributed by atoms with Gasteiger partial charge in [0.05, 0.1) is 5.56 Å². The largest absolute Gasteiger partial charge is 0.416 e. The van der Waals surface area contributed by atoms with E-state index in [1.54, 1.807) is 18.2 Å². The van der Waals surface area contributed by atoms with Gasteiger partial charge in [-0.05, 0) is 43.4 Å².